The van der Waals surface area contributed by atoms with Gasteiger partial charge in [0.25, 0.3) is 0 Å². The summed E-state index contributed by atoms with van der Waals surface area (Å²) in [5, 5.41) is 6.51. The molecular formula is C11H19N5O2. The van der Waals surface area contributed by atoms with Crippen LogP contribution < -0.4 is 11.1 Å². The molecule has 0 aliphatic carbocycles. The second-order valence-electron chi connectivity index (χ2n) is 4.08. The molecule has 1 rings (SSSR count). The van der Waals surface area contributed by atoms with Crippen molar-refractivity contribution in [3.8, 4) is 0 Å². The Morgan fingerprint density at radius 3 is 2.78 bits per heavy atom. The van der Waals surface area contributed by atoms with Crippen LogP contribution in [0.5, 0.6) is 0 Å². The van der Waals surface area contributed by atoms with Crippen LogP contribution in [0.1, 0.15) is 13.8 Å². The summed E-state index contributed by atoms with van der Waals surface area (Å²) in [7, 11) is 1.69. The second-order valence-corrected chi connectivity index (χ2v) is 4.08. The van der Waals surface area contributed by atoms with Crippen molar-refractivity contribution < 1.29 is 9.59 Å². The Morgan fingerprint density at radius 1 is 1.61 bits per heavy atom. The Balaban J connectivity index is 2.47. The van der Waals surface area contributed by atoms with E-state index in [9.17, 15) is 9.59 Å². The van der Waals surface area contributed by atoms with Gasteiger partial charge in [-0.1, -0.05) is 0 Å². The third-order valence-electron chi connectivity index (χ3n) is 2.57. The van der Waals surface area contributed by atoms with Gasteiger partial charge in [-0.05, 0) is 19.9 Å². The molecule has 7 heteroatoms. The largest absolute Gasteiger partial charge is 0.382 e. The molecule has 3 N–H and O–H groups in total. The molecular weight excluding hydrogens is 234 g/mol. The lowest BCUT2D eigenvalue weighted by molar-refractivity contribution is -0.134. The van der Waals surface area contributed by atoms with Crippen molar-refractivity contribution in [1.29, 1.82) is 0 Å². The van der Waals surface area contributed by atoms with Gasteiger partial charge in [-0.3, -0.25) is 14.3 Å². The number of nitrogens with two attached hydrogens (primary N) is 1. The highest BCUT2D eigenvalue weighted by Crippen LogP contribution is 1.96. The van der Waals surface area contributed by atoms with Crippen LogP contribution in [-0.4, -0.2) is 46.1 Å². The maximum atomic E-state index is 11.7. The van der Waals surface area contributed by atoms with E-state index in [1.165, 1.54) is 4.68 Å². The summed E-state index contributed by atoms with van der Waals surface area (Å²) in [6.07, 6.45) is 1.61. The zero-order valence-electron chi connectivity index (χ0n) is 10.9. The molecule has 0 aliphatic rings. The van der Waals surface area contributed by atoms with Crippen LogP contribution in [0.4, 0.5) is 5.82 Å². The highest BCUT2D eigenvalue weighted by atomic mass is 16.2. The maximum Gasteiger partial charge on any atom is 0.244 e. The Morgan fingerprint density at radius 2 is 2.28 bits per heavy atom. The van der Waals surface area contributed by atoms with E-state index < -0.39 is 6.04 Å². The number of likely N-dealkylation sites (N-methyl/N-ethyl adjacent to an activating group) is 1. The Bertz CT molecular complexity index is 429. The normalized spacial score (nSPS) is 11.9. The molecule has 0 saturated carbocycles. The number of nitrogens with zero attached hydrogens (tertiary/aromatic N) is 3. The van der Waals surface area contributed by atoms with Gasteiger partial charge in [0.15, 0.2) is 0 Å². The van der Waals surface area contributed by atoms with E-state index in [-0.39, 0.29) is 18.4 Å². The fraction of sp³-hybridized carbons (Fsp3) is 0.545. The SMILES string of the molecule is CCN(C)C(=O)C(C)NC(=O)Cn1ccc(N)n1. The zero-order valence-corrected chi connectivity index (χ0v) is 10.9. The molecule has 2 amide bonds. The number of carbonyl (C=O) groups is 2. The van der Waals surface area contributed by atoms with Gasteiger partial charge in [-0.2, -0.15) is 5.10 Å². The highest BCUT2D eigenvalue weighted by Gasteiger charge is 2.18. The standard InChI is InChI=1S/C11H19N5O2/c1-4-15(3)11(18)8(2)13-10(17)7-16-6-5-9(12)14-16/h5-6,8H,4,7H2,1-3H3,(H2,12,14)(H,13,17). The first-order chi connectivity index (χ1) is 8.43. The van der Waals surface area contributed by atoms with Crippen molar-refractivity contribution in [2.75, 3.05) is 19.3 Å². The molecule has 18 heavy (non-hydrogen) atoms. The molecule has 0 bridgehead atoms. The summed E-state index contributed by atoms with van der Waals surface area (Å²) >= 11 is 0. The van der Waals surface area contributed by atoms with Crippen LogP contribution >= 0.6 is 0 Å². The van der Waals surface area contributed by atoms with Gasteiger partial charge in [0.05, 0.1) is 0 Å². The number of nitrogen functional groups attached to an aromatic ring is 1. The first-order valence-electron chi connectivity index (χ1n) is 5.77. The van der Waals surface area contributed by atoms with Gasteiger partial charge in [0, 0.05) is 19.8 Å². The van der Waals surface area contributed by atoms with Crippen LogP contribution in [0.2, 0.25) is 0 Å². The van der Waals surface area contributed by atoms with Crippen molar-refractivity contribution in [3.05, 3.63) is 12.3 Å². The molecule has 0 radical (unpaired) electrons. The van der Waals surface area contributed by atoms with Gasteiger partial charge in [0.1, 0.15) is 18.4 Å². The fourth-order valence-electron chi connectivity index (χ4n) is 1.45. The summed E-state index contributed by atoms with van der Waals surface area (Å²) in [5.74, 6) is -0.0353. The van der Waals surface area contributed by atoms with Gasteiger partial charge in [-0.25, -0.2) is 0 Å². The smallest absolute Gasteiger partial charge is 0.244 e. The average Bonchev–Trinajstić information content (AvgIpc) is 2.72. The molecule has 7 nitrogen and oxygen atoms in total. The Labute approximate surface area is 106 Å². The molecule has 0 spiro atoms. The Hall–Kier alpha value is -2.05. The fourth-order valence-corrected chi connectivity index (χ4v) is 1.45. The number of aromatic nitrogens is 2. The predicted octanol–water partition coefficient (Wildman–Crippen LogP) is -0.552. The van der Waals surface area contributed by atoms with Gasteiger partial charge in [0.2, 0.25) is 11.8 Å². The molecule has 0 saturated heterocycles. The summed E-state index contributed by atoms with van der Waals surface area (Å²) in [6.45, 7) is 4.18. The number of hydrogen-bond acceptors (Lipinski definition) is 4. The summed E-state index contributed by atoms with van der Waals surface area (Å²) < 4.78 is 1.42. The van der Waals surface area contributed by atoms with Gasteiger partial charge < -0.3 is 16.0 Å². The van der Waals surface area contributed by atoms with Gasteiger partial charge >= 0.3 is 0 Å². The predicted molar refractivity (Wildman–Crippen MR) is 67.6 cm³/mol. The van der Waals surface area contributed by atoms with Crippen molar-refractivity contribution in [2.24, 2.45) is 0 Å². The lowest BCUT2D eigenvalue weighted by Crippen LogP contribution is -2.46. The number of anilines is 1. The summed E-state index contributed by atoms with van der Waals surface area (Å²) in [4.78, 5) is 25.0. The first kappa shape index (κ1) is 14.0. The molecule has 0 fully saturated rings. The van der Waals surface area contributed by atoms with Crippen LogP contribution in [0, 0.1) is 0 Å². The average molecular weight is 253 g/mol. The minimum atomic E-state index is -0.546. The van der Waals surface area contributed by atoms with Crippen LogP contribution in [0.3, 0.4) is 0 Å². The quantitative estimate of drug-likeness (QED) is 0.736. The number of carbonyl (C=O) groups excluding carboxylic acids is 2. The molecule has 1 aromatic rings. The van der Waals surface area contributed by atoms with E-state index in [1.807, 2.05) is 6.92 Å². The van der Waals surface area contributed by atoms with E-state index >= 15 is 0 Å². The third-order valence-corrected chi connectivity index (χ3v) is 2.57. The minimum absolute atomic E-state index is 0.0463. The van der Waals surface area contributed by atoms with Crippen molar-refractivity contribution in [3.63, 3.8) is 0 Å². The highest BCUT2D eigenvalue weighted by molar-refractivity contribution is 5.87. The lowest BCUT2D eigenvalue weighted by atomic mass is 10.3. The lowest BCUT2D eigenvalue weighted by Gasteiger charge is -2.20. The third kappa shape index (κ3) is 3.76. The summed E-state index contributed by atoms with van der Waals surface area (Å²) in [6, 6.07) is 1.06. The molecule has 1 heterocycles. The summed E-state index contributed by atoms with van der Waals surface area (Å²) in [5.41, 5.74) is 5.44. The van der Waals surface area contributed by atoms with Crippen LogP contribution in [0.15, 0.2) is 12.3 Å². The van der Waals surface area contributed by atoms with Crippen molar-refractivity contribution in [1.82, 2.24) is 20.0 Å². The number of hydrogen-bond donors (Lipinski definition) is 2. The van der Waals surface area contributed by atoms with E-state index in [0.29, 0.717) is 12.4 Å². The molecule has 1 aromatic heterocycles. The van der Waals surface area contributed by atoms with Crippen molar-refractivity contribution >= 4 is 17.6 Å². The second kappa shape index (κ2) is 6.04. The molecule has 1 unspecified atom stereocenters. The number of rotatable bonds is 5. The first-order valence-corrected chi connectivity index (χ1v) is 5.77. The van der Waals surface area contributed by atoms with E-state index in [1.54, 1.807) is 31.1 Å². The maximum absolute atomic E-state index is 11.7. The van der Waals surface area contributed by atoms with Crippen molar-refractivity contribution in [2.45, 2.75) is 26.4 Å². The number of nitrogens with one attached hydrogen (secondary N) is 1. The molecule has 1 atom stereocenters. The minimum Gasteiger partial charge on any atom is -0.382 e. The zero-order chi connectivity index (χ0) is 13.7. The van der Waals surface area contributed by atoms with Gasteiger partial charge in [-0.15, -0.1) is 0 Å². The van der Waals surface area contributed by atoms with Crippen LogP contribution in [0.25, 0.3) is 0 Å². The van der Waals surface area contributed by atoms with E-state index in [2.05, 4.69) is 10.4 Å². The number of amides is 2. The monoisotopic (exact) mass is 253 g/mol. The molecule has 0 aromatic carbocycles. The van der Waals surface area contributed by atoms with Crippen LogP contribution in [-0.2, 0) is 16.1 Å². The van der Waals surface area contributed by atoms with E-state index in [4.69, 9.17) is 5.73 Å². The molecule has 100 valence electrons. The van der Waals surface area contributed by atoms with E-state index in [0.717, 1.165) is 0 Å². The Kier molecular flexibility index (Phi) is 4.70. The topological polar surface area (TPSA) is 93.2 Å². The molecule has 0 aliphatic heterocycles.